The molecule has 2 rings (SSSR count). The standard InChI is InChI=1S/C20H23NO2/c1-4-9-17-12-8-13-18(15(2)3)19(17)21-20(22)23-14-16-10-6-5-7-11-16/h4-8,10-13,15H,1,9,14H2,2-3H3,(H,21,22). The molecule has 0 aliphatic rings. The average molecular weight is 309 g/mol. The van der Waals surface area contributed by atoms with Crippen molar-refractivity contribution in [3.63, 3.8) is 0 Å². The molecule has 2 aromatic rings. The molecule has 0 radical (unpaired) electrons. The molecule has 1 amide bonds. The van der Waals surface area contributed by atoms with E-state index in [0.717, 1.165) is 22.4 Å². The van der Waals surface area contributed by atoms with Gasteiger partial charge in [-0.15, -0.1) is 6.58 Å². The number of hydrogen-bond acceptors (Lipinski definition) is 2. The highest BCUT2D eigenvalue weighted by atomic mass is 16.5. The van der Waals surface area contributed by atoms with Gasteiger partial charge in [0.25, 0.3) is 0 Å². The quantitative estimate of drug-likeness (QED) is 0.736. The van der Waals surface area contributed by atoms with Crippen molar-refractivity contribution in [3.8, 4) is 0 Å². The van der Waals surface area contributed by atoms with Crippen LogP contribution in [0.1, 0.15) is 36.5 Å². The number of rotatable bonds is 6. The number of carbonyl (C=O) groups excluding carboxylic acids is 1. The molecule has 120 valence electrons. The van der Waals surface area contributed by atoms with Gasteiger partial charge in [0.2, 0.25) is 0 Å². The van der Waals surface area contributed by atoms with E-state index in [1.807, 2.05) is 54.6 Å². The maximum atomic E-state index is 12.2. The zero-order valence-electron chi connectivity index (χ0n) is 13.7. The van der Waals surface area contributed by atoms with Gasteiger partial charge in [-0.1, -0.05) is 68.5 Å². The summed E-state index contributed by atoms with van der Waals surface area (Å²) in [4.78, 5) is 12.2. The Kier molecular flexibility index (Phi) is 5.98. The molecule has 0 aromatic heterocycles. The van der Waals surface area contributed by atoms with Crippen molar-refractivity contribution in [2.75, 3.05) is 5.32 Å². The van der Waals surface area contributed by atoms with Crippen LogP contribution in [0.3, 0.4) is 0 Å². The SMILES string of the molecule is C=CCc1cccc(C(C)C)c1NC(=O)OCc1ccccc1. The molecule has 23 heavy (non-hydrogen) atoms. The van der Waals surface area contributed by atoms with E-state index in [0.29, 0.717) is 12.3 Å². The Bertz CT molecular complexity index is 663. The highest BCUT2D eigenvalue weighted by Gasteiger charge is 2.14. The van der Waals surface area contributed by atoms with E-state index in [-0.39, 0.29) is 6.61 Å². The second kappa shape index (κ2) is 8.18. The summed E-state index contributed by atoms with van der Waals surface area (Å²) in [5.74, 6) is 0.309. The fourth-order valence-corrected chi connectivity index (χ4v) is 2.44. The van der Waals surface area contributed by atoms with Gasteiger partial charge in [0, 0.05) is 0 Å². The van der Waals surface area contributed by atoms with Gasteiger partial charge in [-0.05, 0) is 29.0 Å². The van der Waals surface area contributed by atoms with Crippen LogP contribution in [0.5, 0.6) is 0 Å². The van der Waals surface area contributed by atoms with E-state index in [1.165, 1.54) is 0 Å². The van der Waals surface area contributed by atoms with Gasteiger partial charge in [-0.3, -0.25) is 5.32 Å². The number of hydrogen-bond donors (Lipinski definition) is 1. The predicted octanol–water partition coefficient (Wildman–Crippen LogP) is 5.29. The molecular weight excluding hydrogens is 286 g/mol. The molecule has 0 spiro atoms. The van der Waals surface area contributed by atoms with Crippen molar-refractivity contribution in [3.05, 3.63) is 77.9 Å². The number of nitrogens with one attached hydrogen (secondary N) is 1. The van der Waals surface area contributed by atoms with Crippen molar-refractivity contribution in [1.82, 2.24) is 0 Å². The van der Waals surface area contributed by atoms with Gasteiger partial charge < -0.3 is 4.74 Å². The van der Waals surface area contributed by atoms with Gasteiger partial charge in [0.1, 0.15) is 6.61 Å². The Morgan fingerprint density at radius 3 is 2.57 bits per heavy atom. The van der Waals surface area contributed by atoms with E-state index in [1.54, 1.807) is 0 Å². The van der Waals surface area contributed by atoms with E-state index in [4.69, 9.17) is 4.74 Å². The van der Waals surface area contributed by atoms with Crippen LogP contribution >= 0.6 is 0 Å². The van der Waals surface area contributed by atoms with E-state index in [2.05, 4.69) is 25.7 Å². The predicted molar refractivity (Wildman–Crippen MR) is 94.7 cm³/mol. The van der Waals surface area contributed by atoms with E-state index in [9.17, 15) is 4.79 Å². The van der Waals surface area contributed by atoms with Crippen molar-refractivity contribution < 1.29 is 9.53 Å². The van der Waals surface area contributed by atoms with Gasteiger partial charge in [-0.25, -0.2) is 4.79 Å². The first-order valence-electron chi connectivity index (χ1n) is 7.82. The number of anilines is 1. The molecule has 0 bridgehead atoms. The van der Waals surface area contributed by atoms with Crippen LogP contribution < -0.4 is 5.32 Å². The number of amides is 1. The highest BCUT2D eigenvalue weighted by molar-refractivity contribution is 5.87. The molecule has 0 aliphatic carbocycles. The number of allylic oxidation sites excluding steroid dienone is 1. The maximum Gasteiger partial charge on any atom is 0.411 e. The molecule has 0 heterocycles. The van der Waals surface area contributed by atoms with Crippen molar-refractivity contribution >= 4 is 11.8 Å². The van der Waals surface area contributed by atoms with Crippen LogP contribution in [0.25, 0.3) is 0 Å². The lowest BCUT2D eigenvalue weighted by molar-refractivity contribution is 0.155. The third-order valence-corrected chi connectivity index (χ3v) is 3.61. The van der Waals surface area contributed by atoms with Crippen molar-refractivity contribution in [1.29, 1.82) is 0 Å². The van der Waals surface area contributed by atoms with Crippen LogP contribution in [-0.2, 0) is 17.8 Å². The van der Waals surface area contributed by atoms with Crippen LogP contribution in [0.2, 0.25) is 0 Å². The fourth-order valence-electron chi connectivity index (χ4n) is 2.44. The zero-order chi connectivity index (χ0) is 16.7. The Hall–Kier alpha value is -2.55. The number of benzene rings is 2. The molecule has 3 heteroatoms. The molecule has 1 N–H and O–H groups in total. The van der Waals surface area contributed by atoms with Crippen LogP contribution in [0, 0.1) is 0 Å². The van der Waals surface area contributed by atoms with Gasteiger partial charge in [0.05, 0.1) is 5.69 Å². The number of para-hydroxylation sites is 1. The lowest BCUT2D eigenvalue weighted by Gasteiger charge is -2.17. The molecule has 0 atom stereocenters. The van der Waals surface area contributed by atoms with Gasteiger partial charge in [0.15, 0.2) is 0 Å². The molecule has 0 saturated heterocycles. The monoisotopic (exact) mass is 309 g/mol. The minimum atomic E-state index is -0.438. The maximum absolute atomic E-state index is 12.2. The number of ether oxygens (including phenoxy) is 1. The first-order valence-corrected chi connectivity index (χ1v) is 7.82. The summed E-state index contributed by atoms with van der Waals surface area (Å²) < 4.78 is 5.32. The summed E-state index contributed by atoms with van der Waals surface area (Å²) in [7, 11) is 0. The lowest BCUT2D eigenvalue weighted by atomic mass is 9.96. The fraction of sp³-hybridized carbons (Fsp3) is 0.250. The van der Waals surface area contributed by atoms with Crippen LogP contribution in [-0.4, -0.2) is 6.09 Å². The van der Waals surface area contributed by atoms with E-state index < -0.39 is 6.09 Å². The van der Waals surface area contributed by atoms with Crippen LogP contribution in [0.4, 0.5) is 10.5 Å². The topological polar surface area (TPSA) is 38.3 Å². The van der Waals surface area contributed by atoms with E-state index >= 15 is 0 Å². The van der Waals surface area contributed by atoms with Gasteiger partial charge in [-0.2, -0.15) is 0 Å². The molecule has 0 unspecified atom stereocenters. The summed E-state index contributed by atoms with van der Waals surface area (Å²) in [6, 6.07) is 15.7. The molecule has 3 nitrogen and oxygen atoms in total. The molecule has 2 aromatic carbocycles. The number of carbonyl (C=O) groups is 1. The minimum Gasteiger partial charge on any atom is -0.444 e. The van der Waals surface area contributed by atoms with Gasteiger partial charge >= 0.3 is 6.09 Å². The second-order valence-corrected chi connectivity index (χ2v) is 5.72. The summed E-state index contributed by atoms with van der Waals surface area (Å²) >= 11 is 0. The summed E-state index contributed by atoms with van der Waals surface area (Å²) in [6.07, 6.45) is 2.10. The lowest BCUT2D eigenvalue weighted by Crippen LogP contribution is -2.16. The third-order valence-electron chi connectivity index (χ3n) is 3.61. The first-order chi connectivity index (χ1) is 11.1. The minimum absolute atomic E-state index is 0.257. The van der Waals surface area contributed by atoms with Crippen molar-refractivity contribution in [2.24, 2.45) is 0 Å². The Labute approximate surface area is 138 Å². The Morgan fingerprint density at radius 1 is 1.17 bits per heavy atom. The largest absolute Gasteiger partial charge is 0.444 e. The summed E-state index contributed by atoms with van der Waals surface area (Å²) in [5, 5.41) is 2.91. The summed E-state index contributed by atoms with van der Waals surface area (Å²) in [5.41, 5.74) is 3.94. The second-order valence-electron chi connectivity index (χ2n) is 5.72. The van der Waals surface area contributed by atoms with Crippen LogP contribution in [0.15, 0.2) is 61.2 Å². The highest BCUT2D eigenvalue weighted by Crippen LogP contribution is 2.28. The molecule has 0 aliphatic heterocycles. The molecular formula is C20H23NO2. The Morgan fingerprint density at radius 2 is 1.91 bits per heavy atom. The van der Waals surface area contributed by atoms with Crippen molar-refractivity contribution in [2.45, 2.75) is 32.8 Å². The third kappa shape index (κ3) is 4.71. The smallest absolute Gasteiger partial charge is 0.411 e. The average Bonchev–Trinajstić information content (AvgIpc) is 2.55. The zero-order valence-corrected chi connectivity index (χ0v) is 13.7. The Balaban J connectivity index is 2.11. The normalized spacial score (nSPS) is 10.4. The first kappa shape index (κ1) is 16.8. The molecule has 0 saturated carbocycles. The summed E-state index contributed by atoms with van der Waals surface area (Å²) in [6.45, 7) is 8.25. The molecule has 0 fully saturated rings.